The highest BCUT2D eigenvalue weighted by molar-refractivity contribution is 6.29. The van der Waals surface area contributed by atoms with Gasteiger partial charge in [-0.25, -0.2) is 0 Å². The smallest absolute Gasteiger partial charge is 0.133 e. The standard InChI is InChI=1S/C11H19ClO/c1-3-4-5-6-7-11(12)9-8-10(2)13/h9H,3-8H2,1-2H3. The Morgan fingerprint density at radius 2 is 2.00 bits per heavy atom. The molecule has 0 bridgehead atoms. The first-order chi connectivity index (χ1) is 6.16. The van der Waals surface area contributed by atoms with Crippen LogP contribution in [0.2, 0.25) is 0 Å². The van der Waals surface area contributed by atoms with Crippen LogP contribution in [0.1, 0.15) is 52.4 Å². The molecule has 0 aliphatic rings. The van der Waals surface area contributed by atoms with Gasteiger partial charge in [-0.2, -0.15) is 0 Å². The maximum absolute atomic E-state index is 10.6. The van der Waals surface area contributed by atoms with Crippen LogP contribution >= 0.6 is 11.6 Å². The van der Waals surface area contributed by atoms with E-state index in [9.17, 15) is 4.79 Å². The van der Waals surface area contributed by atoms with Crippen molar-refractivity contribution < 1.29 is 4.79 Å². The summed E-state index contributed by atoms with van der Waals surface area (Å²) in [5.74, 6) is 0.173. The van der Waals surface area contributed by atoms with Crippen LogP contribution in [0.4, 0.5) is 0 Å². The molecule has 2 heteroatoms. The molecule has 0 rings (SSSR count). The van der Waals surface area contributed by atoms with Crippen molar-refractivity contribution >= 4 is 17.4 Å². The Bertz CT molecular complexity index is 173. The molecule has 0 unspecified atom stereocenters. The number of Topliss-reactive ketones (excluding diaryl/α,β-unsaturated/α-hetero) is 1. The fraction of sp³-hybridized carbons (Fsp3) is 0.727. The minimum absolute atomic E-state index is 0.173. The van der Waals surface area contributed by atoms with Crippen molar-refractivity contribution in [1.29, 1.82) is 0 Å². The molecule has 0 fully saturated rings. The van der Waals surface area contributed by atoms with Crippen LogP contribution < -0.4 is 0 Å². The first kappa shape index (κ1) is 12.7. The van der Waals surface area contributed by atoms with Crippen molar-refractivity contribution in [3.63, 3.8) is 0 Å². The highest BCUT2D eigenvalue weighted by Gasteiger charge is 1.94. The molecule has 0 saturated carbocycles. The van der Waals surface area contributed by atoms with E-state index in [-0.39, 0.29) is 5.78 Å². The van der Waals surface area contributed by atoms with Gasteiger partial charge in [-0.15, -0.1) is 0 Å². The Labute approximate surface area is 86.2 Å². The Hall–Kier alpha value is -0.300. The summed E-state index contributed by atoms with van der Waals surface area (Å²) >= 11 is 5.91. The SMILES string of the molecule is CCCCCCC(Cl)=CCC(C)=O. The maximum atomic E-state index is 10.6. The molecule has 1 nitrogen and oxygen atoms in total. The van der Waals surface area contributed by atoms with Crippen LogP contribution in [0, 0.1) is 0 Å². The van der Waals surface area contributed by atoms with Crippen LogP contribution in [-0.4, -0.2) is 5.78 Å². The van der Waals surface area contributed by atoms with Crippen LogP contribution in [0.15, 0.2) is 11.1 Å². The van der Waals surface area contributed by atoms with Gasteiger partial charge in [0.1, 0.15) is 5.78 Å². The van der Waals surface area contributed by atoms with Crippen molar-refractivity contribution in [2.45, 2.75) is 52.4 Å². The predicted octanol–water partition coefficient (Wildman–Crippen LogP) is 4.06. The number of hydrogen-bond acceptors (Lipinski definition) is 1. The Morgan fingerprint density at radius 1 is 1.31 bits per heavy atom. The fourth-order valence-electron chi connectivity index (χ4n) is 1.08. The van der Waals surface area contributed by atoms with Gasteiger partial charge in [0.2, 0.25) is 0 Å². The largest absolute Gasteiger partial charge is 0.300 e. The molecule has 0 heterocycles. The highest BCUT2D eigenvalue weighted by Crippen LogP contribution is 2.14. The summed E-state index contributed by atoms with van der Waals surface area (Å²) < 4.78 is 0. The number of unbranched alkanes of at least 4 members (excludes halogenated alkanes) is 3. The predicted molar refractivity (Wildman–Crippen MR) is 58.0 cm³/mol. The summed E-state index contributed by atoms with van der Waals surface area (Å²) in [4.78, 5) is 10.6. The van der Waals surface area contributed by atoms with Gasteiger partial charge in [-0.3, -0.25) is 4.79 Å². The lowest BCUT2D eigenvalue weighted by Gasteiger charge is -1.98. The van der Waals surface area contributed by atoms with E-state index in [4.69, 9.17) is 11.6 Å². The molecular weight excluding hydrogens is 184 g/mol. The minimum atomic E-state index is 0.173. The van der Waals surface area contributed by atoms with E-state index >= 15 is 0 Å². The summed E-state index contributed by atoms with van der Waals surface area (Å²) in [5.41, 5.74) is 0. The maximum Gasteiger partial charge on any atom is 0.133 e. The molecular formula is C11H19ClO. The number of ketones is 1. The van der Waals surface area contributed by atoms with Crippen molar-refractivity contribution in [3.05, 3.63) is 11.1 Å². The second kappa shape index (κ2) is 8.31. The van der Waals surface area contributed by atoms with Crippen molar-refractivity contribution in [2.75, 3.05) is 0 Å². The van der Waals surface area contributed by atoms with Crippen molar-refractivity contribution in [3.8, 4) is 0 Å². The molecule has 0 aromatic heterocycles. The van der Waals surface area contributed by atoms with Crippen LogP contribution in [0.3, 0.4) is 0 Å². The molecule has 0 saturated heterocycles. The normalized spacial score (nSPS) is 11.8. The fourth-order valence-corrected chi connectivity index (χ4v) is 1.29. The summed E-state index contributed by atoms with van der Waals surface area (Å²) in [5, 5.41) is 0.839. The van der Waals surface area contributed by atoms with E-state index in [0.717, 1.165) is 17.9 Å². The number of rotatable bonds is 7. The van der Waals surface area contributed by atoms with E-state index < -0.39 is 0 Å². The second-order valence-electron chi connectivity index (χ2n) is 3.37. The van der Waals surface area contributed by atoms with Gasteiger partial charge in [0.25, 0.3) is 0 Å². The molecule has 13 heavy (non-hydrogen) atoms. The van der Waals surface area contributed by atoms with Gasteiger partial charge in [0, 0.05) is 11.5 Å². The number of halogens is 1. The third-order valence-electron chi connectivity index (χ3n) is 1.88. The van der Waals surface area contributed by atoms with Gasteiger partial charge in [-0.05, 0) is 19.8 Å². The molecule has 0 aliphatic heterocycles. The van der Waals surface area contributed by atoms with Crippen LogP contribution in [-0.2, 0) is 4.79 Å². The zero-order valence-corrected chi connectivity index (χ0v) is 9.36. The molecule has 0 aliphatic carbocycles. The van der Waals surface area contributed by atoms with Gasteiger partial charge >= 0.3 is 0 Å². The number of hydrogen-bond donors (Lipinski definition) is 0. The van der Waals surface area contributed by atoms with Gasteiger partial charge < -0.3 is 0 Å². The number of allylic oxidation sites excluding steroid dienone is 2. The molecule has 0 amide bonds. The molecule has 0 aromatic carbocycles. The van der Waals surface area contributed by atoms with Crippen molar-refractivity contribution in [1.82, 2.24) is 0 Å². The Balaban J connectivity index is 3.43. The molecule has 76 valence electrons. The summed E-state index contributed by atoms with van der Waals surface area (Å²) in [6, 6.07) is 0. The van der Waals surface area contributed by atoms with Gasteiger partial charge in [-0.1, -0.05) is 43.9 Å². The lowest BCUT2D eigenvalue weighted by atomic mass is 10.1. The monoisotopic (exact) mass is 202 g/mol. The average molecular weight is 203 g/mol. The molecule has 0 spiro atoms. The van der Waals surface area contributed by atoms with E-state index in [1.807, 2.05) is 6.08 Å². The van der Waals surface area contributed by atoms with Crippen molar-refractivity contribution in [2.24, 2.45) is 0 Å². The molecule has 0 radical (unpaired) electrons. The lowest BCUT2D eigenvalue weighted by Crippen LogP contribution is -1.86. The first-order valence-corrected chi connectivity index (χ1v) is 5.38. The zero-order valence-electron chi connectivity index (χ0n) is 8.61. The lowest BCUT2D eigenvalue weighted by molar-refractivity contribution is -0.116. The molecule has 0 aromatic rings. The molecule has 0 atom stereocenters. The number of carbonyl (C=O) groups excluding carboxylic acids is 1. The van der Waals surface area contributed by atoms with E-state index in [2.05, 4.69) is 6.92 Å². The van der Waals surface area contributed by atoms with Crippen LogP contribution in [0.25, 0.3) is 0 Å². The summed E-state index contributed by atoms with van der Waals surface area (Å²) in [7, 11) is 0. The van der Waals surface area contributed by atoms with Gasteiger partial charge in [0.15, 0.2) is 0 Å². The average Bonchev–Trinajstić information content (AvgIpc) is 2.09. The first-order valence-electron chi connectivity index (χ1n) is 5.00. The quantitative estimate of drug-likeness (QED) is 0.569. The Kier molecular flexibility index (Phi) is 8.11. The molecule has 0 N–H and O–H groups in total. The van der Waals surface area contributed by atoms with Crippen LogP contribution in [0.5, 0.6) is 0 Å². The summed E-state index contributed by atoms with van der Waals surface area (Å²) in [6.45, 7) is 3.77. The van der Waals surface area contributed by atoms with Gasteiger partial charge in [0.05, 0.1) is 0 Å². The zero-order chi connectivity index (χ0) is 10.1. The summed E-state index contributed by atoms with van der Waals surface area (Å²) in [6.07, 6.45) is 8.13. The third-order valence-corrected chi connectivity index (χ3v) is 2.22. The highest BCUT2D eigenvalue weighted by atomic mass is 35.5. The van der Waals surface area contributed by atoms with E-state index in [1.54, 1.807) is 6.92 Å². The second-order valence-corrected chi connectivity index (χ2v) is 3.85. The third kappa shape index (κ3) is 9.62. The minimum Gasteiger partial charge on any atom is -0.300 e. The van der Waals surface area contributed by atoms with E-state index in [0.29, 0.717) is 6.42 Å². The topological polar surface area (TPSA) is 17.1 Å². The number of carbonyl (C=O) groups is 1. The Morgan fingerprint density at radius 3 is 2.54 bits per heavy atom. The van der Waals surface area contributed by atoms with E-state index in [1.165, 1.54) is 19.3 Å².